The van der Waals surface area contributed by atoms with Crippen LogP contribution in [0.25, 0.3) is 0 Å². The average Bonchev–Trinajstić information content (AvgIpc) is 2.91. The van der Waals surface area contributed by atoms with Gasteiger partial charge in [-0.2, -0.15) is 0 Å². The van der Waals surface area contributed by atoms with Crippen molar-refractivity contribution in [1.82, 2.24) is 0 Å². The number of anilines is 1. The van der Waals surface area contributed by atoms with Gasteiger partial charge in [0.2, 0.25) is 5.76 Å². The maximum absolute atomic E-state index is 11.8. The summed E-state index contributed by atoms with van der Waals surface area (Å²) < 4.78 is 4.90. The molecular weight excluding hydrogens is 262 g/mol. The number of benzene rings is 1. The molecule has 0 unspecified atom stereocenters. The highest BCUT2D eigenvalue weighted by molar-refractivity contribution is 6.02. The molecule has 2 aromatic rings. The van der Waals surface area contributed by atoms with Crippen molar-refractivity contribution in [2.24, 2.45) is 0 Å². The van der Waals surface area contributed by atoms with Crippen molar-refractivity contribution < 1.29 is 24.2 Å². The molecule has 6 nitrogen and oxygen atoms in total. The van der Waals surface area contributed by atoms with Crippen molar-refractivity contribution in [3.05, 3.63) is 53.5 Å². The van der Waals surface area contributed by atoms with Gasteiger partial charge in [-0.3, -0.25) is 4.79 Å². The van der Waals surface area contributed by atoms with Crippen LogP contribution in [-0.4, -0.2) is 28.7 Å². The largest absolute Gasteiger partial charge is 0.475 e. The number of rotatable bonds is 5. The van der Waals surface area contributed by atoms with Gasteiger partial charge in [-0.25, -0.2) is 4.79 Å². The molecule has 1 aromatic heterocycles. The van der Waals surface area contributed by atoms with Crippen molar-refractivity contribution in [2.75, 3.05) is 11.9 Å². The third-order valence-corrected chi connectivity index (χ3v) is 2.65. The average molecular weight is 275 g/mol. The quantitative estimate of drug-likeness (QED) is 0.772. The van der Waals surface area contributed by atoms with E-state index < -0.39 is 11.9 Å². The smallest absolute Gasteiger partial charge is 0.371 e. The maximum atomic E-state index is 11.8. The van der Waals surface area contributed by atoms with Gasteiger partial charge >= 0.3 is 5.97 Å². The minimum atomic E-state index is -1.22. The molecule has 0 spiro atoms. The van der Waals surface area contributed by atoms with Crippen LogP contribution in [0.4, 0.5) is 5.69 Å². The first-order chi connectivity index (χ1) is 9.60. The summed E-state index contributed by atoms with van der Waals surface area (Å²) >= 11 is 0. The molecule has 1 heterocycles. The number of hydrogen-bond donors (Lipinski definition) is 3. The van der Waals surface area contributed by atoms with Crippen LogP contribution in [0.2, 0.25) is 0 Å². The molecule has 0 atom stereocenters. The molecule has 1 amide bonds. The minimum Gasteiger partial charge on any atom is -0.475 e. The Bertz CT molecular complexity index is 615. The molecule has 2 rings (SSSR count). The van der Waals surface area contributed by atoms with E-state index in [-0.39, 0.29) is 18.1 Å². The number of amides is 1. The Balaban J connectivity index is 2.04. The maximum Gasteiger partial charge on any atom is 0.371 e. The van der Waals surface area contributed by atoms with E-state index in [1.807, 2.05) is 0 Å². The van der Waals surface area contributed by atoms with Crippen molar-refractivity contribution in [2.45, 2.75) is 6.42 Å². The van der Waals surface area contributed by atoms with E-state index in [2.05, 4.69) is 5.32 Å². The molecule has 0 radical (unpaired) electrons. The molecule has 20 heavy (non-hydrogen) atoms. The van der Waals surface area contributed by atoms with E-state index in [1.165, 1.54) is 12.1 Å². The van der Waals surface area contributed by atoms with Crippen LogP contribution in [-0.2, 0) is 6.42 Å². The van der Waals surface area contributed by atoms with Crippen molar-refractivity contribution in [3.63, 3.8) is 0 Å². The first-order valence-electron chi connectivity index (χ1n) is 5.94. The van der Waals surface area contributed by atoms with Gasteiger partial charge in [0.1, 0.15) is 0 Å². The van der Waals surface area contributed by atoms with Gasteiger partial charge in [-0.1, -0.05) is 12.1 Å². The molecule has 0 aliphatic heterocycles. The third kappa shape index (κ3) is 3.24. The molecule has 0 saturated carbocycles. The summed E-state index contributed by atoms with van der Waals surface area (Å²) in [4.78, 5) is 22.5. The van der Waals surface area contributed by atoms with Crippen LogP contribution in [0.5, 0.6) is 0 Å². The lowest BCUT2D eigenvalue weighted by atomic mass is 10.1. The van der Waals surface area contributed by atoms with Crippen LogP contribution < -0.4 is 5.32 Å². The lowest BCUT2D eigenvalue weighted by molar-refractivity contribution is 0.0660. The molecule has 3 N–H and O–H groups in total. The van der Waals surface area contributed by atoms with Gasteiger partial charge in [0.15, 0.2) is 5.76 Å². The second-order valence-corrected chi connectivity index (χ2v) is 4.09. The number of carbonyl (C=O) groups is 2. The lowest BCUT2D eigenvalue weighted by Crippen LogP contribution is -2.11. The highest BCUT2D eigenvalue weighted by Gasteiger charge is 2.14. The molecule has 0 aliphatic carbocycles. The second-order valence-electron chi connectivity index (χ2n) is 4.09. The summed E-state index contributed by atoms with van der Waals surface area (Å²) in [6.07, 6.45) is 0.550. The number of hydrogen-bond acceptors (Lipinski definition) is 4. The number of carboxylic acids is 1. The number of aliphatic hydroxyl groups is 1. The monoisotopic (exact) mass is 275 g/mol. The number of aliphatic hydroxyl groups excluding tert-OH is 1. The van der Waals surface area contributed by atoms with Gasteiger partial charge in [-0.05, 0) is 36.2 Å². The number of carbonyl (C=O) groups excluding carboxylic acids is 1. The summed E-state index contributed by atoms with van der Waals surface area (Å²) in [6.45, 7) is 0.0655. The summed E-state index contributed by atoms with van der Waals surface area (Å²) in [7, 11) is 0. The Kier molecular flexibility index (Phi) is 4.17. The molecule has 0 aliphatic rings. The SMILES string of the molecule is O=C(O)c1ccc(C(=O)Nc2ccc(CCO)cc2)o1. The molecule has 104 valence electrons. The van der Waals surface area contributed by atoms with E-state index in [4.69, 9.17) is 14.6 Å². The van der Waals surface area contributed by atoms with E-state index in [0.29, 0.717) is 12.1 Å². The van der Waals surface area contributed by atoms with E-state index >= 15 is 0 Å². The Labute approximate surface area is 114 Å². The summed E-state index contributed by atoms with van der Waals surface area (Å²) in [6, 6.07) is 9.50. The Morgan fingerprint density at radius 3 is 2.25 bits per heavy atom. The second kappa shape index (κ2) is 6.03. The van der Waals surface area contributed by atoms with E-state index in [9.17, 15) is 9.59 Å². The molecule has 0 saturated heterocycles. The van der Waals surface area contributed by atoms with Crippen molar-refractivity contribution >= 4 is 17.6 Å². The van der Waals surface area contributed by atoms with Crippen molar-refractivity contribution in [3.8, 4) is 0 Å². The zero-order valence-electron chi connectivity index (χ0n) is 10.5. The predicted octanol–water partition coefficient (Wildman–Crippen LogP) is 1.76. The van der Waals surface area contributed by atoms with Gasteiger partial charge in [0.25, 0.3) is 5.91 Å². The Morgan fingerprint density at radius 1 is 1.05 bits per heavy atom. The number of furan rings is 1. The van der Waals surface area contributed by atoms with Crippen LogP contribution in [0.15, 0.2) is 40.8 Å². The summed E-state index contributed by atoms with van der Waals surface area (Å²) in [5.74, 6) is -2.10. The number of carboxylic acid groups (broad SMARTS) is 1. The fourth-order valence-electron chi connectivity index (χ4n) is 1.65. The number of aromatic carboxylic acids is 1. The molecular formula is C14H13NO5. The standard InChI is InChI=1S/C14H13NO5/c16-8-7-9-1-3-10(4-2-9)15-13(17)11-5-6-12(20-11)14(18)19/h1-6,16H,7-8H2,(H,15,17)(H,18,19). The fraction of sp³-hybridized carbons (Fsp3) is 0.143. The van der Waals surface area contributed by atoms with Gasteiger partial charge in [0, 0.05) is 12.3 Å². The summed E-state index contributed by atoms with van der Waals surface area (Å²) in [5, 5.41) is 20.1. The van der Waals surface area contributed by atoms with Gasteiger partial charge in [0.05, 0.1) is 0 Å². The van der Waals surface area contributed by atoms with Crippen LogP contribution in [0.3, 0.4) is 0 Å². The topological polar surface area (TPSA) is 99.8 Å². The Hall–Kier alpha value is -2.60. The van der Waals surface area contributed by atoms with Crippen LogP contribution in [0.1, 0.15) is 26.7 Å². The van der Waals surface area contributed by atoms with E-state index in [0.717, 1.165) is 5.56 Å². The highest BCUT2D eigenvalue weighted by Crippen LogP contribution is 2.13. The Morgan fingerprint density at radius 2 is 1.70 bits per heavy atom. The number of nitrogens with one attached hydrogen (secondary N) is 1. The minimum absolute atomic E-state index is 0.0655. The zero-order chi connectivity index (χ0) is 14.5. The first kappa shape index (κ1) is 13.8. The zero-order valence-corrected chi connectivity index (χ0v) is 10.5. The predicted molar refractivity (Wildman–Crippen MR) is 70.9 cm³/mol. The van der Waals surface area contributed by atoms with Crippen LogP contribution >= 0.6 is 0 Å². The highest BCUT2D eigenvalue weighted by atomic mass is 16.4. The summed E-state index contributed by atoms with van der Waals surface area (Å²) in [5.41, 5.74) is 1.52. The molecule has 1 aromatic carbocycles. The van der Waals surface area contributed by atoms with Gasteiger partial charge < -0.3 is 19.9 Å². The third-order valence-electron chi connectivity index (χ3n) is 2.65. The first-order valence-corrected chi connectivity index (χ1v) is 5.94. The molecule has 0 fully saturated rings. The van der Waals surface area contributed by atoms with Gasteiger partial charge in [-0.15, -0.1) is 0 Å². The van der Waals surface area contributed by atoms with E-state index in [1.54, 1.807) is 24.3 Å². The lowest BCUT2D eigenvalue weighted by Gasteiger charge is -2.04. The normalized spacial score (nSPS) is 10.2. The van der Waals surface area contributed by atoms with Crippen LogP contribution in [0, 0.1) is 0 Å². The van der Waals surface area contributed by atoms with Crippen molar-refractivity contribution in [1.29, 1.82) is 0 Å². The molecule has 6 heteroatoms. The fourth-order valence-corrected chi connectivity index (χ4v) is 1.65. The molecule has 0 bridgehead atoms.